The number of carbonyl (C=O) groups is 3. The van der Waals surface area contributed by atoms with Crippen LogP contribution in [0.4, 0.5) is 10.5 Å². The first-order valence-electron chi connectivity index (χ1n) is 9.71. The molecular weight excluding hydrogens is 396 g/mol. The van der Waals surface area contributed by atoms with Crippen molar-refractivity contribution >= 4 is 23.5 Å². The Labute approximate surface area is 178 Å². The minimum Gasteiger partial charge on any atom is -0.478 e. The molecule has 3 aromatic rings. The number of carboxylic acids is 1. The van der Waals surface area contributed by atoms with Crippen molar-refractivity contribution in [2.45, 2.75) is 5.92 Å². The molecule has 156 valence electrons. The fraction of sp³-hybridized carbons (Fsp3) is 0.125. The molecule has 1 aliphatic rings. The lowest BCUT2D eigenvalue weighted by molar-refractivity contribution is 0.0698. The van der Waals surface area contributed by atoms with Crippen LogP contribution < -0.4 is 11.1 Å². The van der Waals surface area contributed by atoms with Gasteiger partial charge in [-0.2, -0.15) is 0 Å². The number of nitrogens with two attached hydrogens (primary N) is 1. The summed E-state index contributed by atoms with van der Waals surface area (Å²) < 4.78 is 5.39. The van der Waals surface area contributed by atoms with E-state index in [1.165, 1.54) is 18.2 Å². The third-order valence-corrected chi connectivity index (χ3v) is 5.37. The Balaban J connectivity index is 1.39. The summed E-state index contributed by atoms with van der Waals surface area (Å²) in [6.45, 7) is -0.228. The number of benzene rings is 3. The van der Waals surface area contributed by atoms with E-state index in [9.17, 15) is 14.4 Å². The van der Waals surface area contributed by atoms with E-state index in [4.69, 9.17) is 15.6 Å². The second-order valence-corrected chi connectivity index (χ2v) is 7.17. The molecule has 0 radical (unpaired) electrons. The molecule has 0 aliphatic heterocycles. The largest absolute Gasteiger partial charge is 0.478 e. The van der Waals surface area contributed by atoms with Crippen LogP contribution in [-0.4, -0.2) is 36.1 Å². The summed E-state index contributed by atoms with van der Waals surface area (Å²) in [4.78, 5) is 35.8. The van der Waals surface area contributed by atoms with E-state index in [1.54, 1.807) is 0 Å². The van der Waals surface area contributed by atoms with Crippen molar-refractivity contribution in [3.63, 3.8) is 0 Å². The number of para-hydroxylation sites is 1. The average Bonchev–Trinajstić information content (AvgIpc) is 3.10. The molecule has 1 amide bonds. The topological polar surface area (TPSA) is 119 Å². The van der Waals surface area contributed by atoms with Crippen molar-refractivity contribution in [1.29, 1.82) is 0 Å². The molecule has 0 bridgehead atoms. The number of alkyl carbamates (subject to hydrolysis) is 1. The number of anilines is 1. The van der Waals surface area contributed by atoms with Crippen molar-refractivity contribution < 1.29 is 24.2 Å². The first-order valence-corrected chi connectivity index (χ1v) is 9.71. The van der Waals surface area contributed by atoms with Gasteiger partial charge >= 0.3 is 12.1 Å². The lowest BCUT2D eigenvalue weighted by Gasteiger charge is -2.14. The number of amides is 1. The van der Waals surface area contributed by atoms with Crippen LogP contribution in [0.25, 0.3) is 11.1 Å². The lowest BCUT2D eigenvalue weighted by atomic mass is 9.98. The van der Waals surface area contributed by atoms with E-state index >= 15 is 0 Å². The Morgan fingerprint density at radius 1 is 0.871 bits per heavy atom. The van der Waals surface area contributed by atoms with Crippen LogP contribution >= 0.6 is 0 Å². The monoisotopic (exact) mass is 416 g/mol. The first-order chi connectivity index (χ1) is 15.0. The maximum atomic E-state index is 12.4. The van der Waals surface area contributed by atoms with E-state index in [0.717, 1.165) is 22.3 Å². The van der Waals surface area contributed by atoms with Crippen molar-refractivity contribution in [3.8, 4) is 11.1 Å². The summed E-state index contributed by atoms with van der Waals surface area (Å²) in [5.41, 5.74) is 9.95. The minimum atomic E-state index is -1.23. The Morgan fingerprint density at radius 3 is 2.06 bits per heavy atom. The number of ketones is 1. The normalized spacial score (nSPS) is 12.0. The van der Waals surface area contributed by atoms with E-state index in [0.29, 0.717) is 0 Å². The zero-order valence-corrected chi connectivity index (χ0v) is 16.5. The number of ether oxygens (including phenoxy) is 1. The molecule has 0 unspecified atom stereocenters. The molecule has 0 fully saturated rings. The van der Waals surface area contributed by atoms with Crippen LogP contribution in [0.3, 0.4) is 0 Å². The second kappa shape index (κ2) is 8.31. The highest BCUT2D eigenvalue weighted by Crippen LogP contribution is 2.44. The number of rotatable bonds is 6. The Morgan fingerprint density at radius 2 is 1.45 bits per heavy atom. The number of aromatic carboxylic acids is 1. The Kier molecular flexibility index (Phi) is 5.41. The molecule has 1 aliphatic carbocycles. The van der Waals surface area contributed by atoms with Gasteiger partial charge in [-0.15, -0.1) is 0 Å². The number of carbonyl (C=O) groups excluding carboxylic acids is 2. The maximum absolute atomic E-state index is 12.4. The summed E-state index contributed by atoms with van der Waals surface area (Å²) in [5, 5.41) is 11.5. The van der Waals surface area contributed by atoms with Crippen LogP contribution in [0.1, 0.15) is 37.8 Å². The average molecular weight is 416 g/mol. The van der Waals surface area contributed by atoms with Gasteiger partial charge in [-0.25, -0.2) is 9.59 Å². The van der Waals surface area contributed by atoms with Crippen LogP contribution in [0.15, 0.2) is 66.7 Å². The summed E-state index contributed by atoms with van der Waals surface area (Å²) in [5.74, 6) is -1.82. The molecule has 7 nitrogen and oxygen atoms in total. The Bertz CT molecular complexity index is 1140. The number of Topliss-reactive ketones (excluding diaryl/α,β-unsaturated/α-hetero) is 1. The standard InChI is InChI=1S/C24H20N2O5/c25-22-18(10-5-11-19(22)23(28)29)21(27)12-26-24(30)31-13-20-16-8-3-1-6-14(16)15-7-2-4-9-17(15)20/h1-11,20H,12-13,25H2,(H,26,30)(H,28,29). The molecule has 0 atom stereocenters. The summed E-state index contributed by atoms with van der Waals surface area (Å²) >= 11 is 0. The molecule has 0 saturated heterocycles. The number of nitrogen functional groups attached to an aromatic ring is 1. The second-order valence-electron chi connectivity index (χ2n) is 7.17. The molecule has 4 rings (SSSR count). The predicted octanol–water partition coefficient (Wildman–Crippen LogP) is 3.69. The Hall–Kier alpha value is -4.13. The molecule has 7 heteroatoms. The minimum absolute atomic E-state index is 0.0406. The third-order valence-electron chi connectivity index (χ3n) is 5.37. The highest BCUT2D eigenvalue weighted by Gasteiger charge is 2.29. The van der Waals surface area contributed by atoms with Gasteiger partial charge in [-0.05, 0) is 34.4 Å². The number of carboxylic acid groups (broad SMARTS) is 1. The van der Waals surface area contributed by atoms with Gasteiger partial charge in [0.1, 0.15) is 6.61 Å². The SMILES string of the molecule is Nc1c(C(=O)O)cccc1C(=O)CNC(=O)OCC1c2ccccc2-c2ccccc21. The number of hydrogen-bond donors (Lipinski definition) is 3. The van der Waals surface area contributed by atoms with Gasteiger partial charge in [-0.3, -0.25) is 4.79 Å². The predicted molar refractivity (Wildman–Crippen MR) is 115 cm³/mol. The molecule has 0 heterocycles. The van der Waals surface area contributed by atoms with E-state index < -0.39 is 17.8 Å². The fourth-order valence-corrected chi connectivity index (χ4v) is 3.89. The van der Waals surface area contributed by atoms with Crippen LogP contribution in [-0.2, 0) is 4.74 Å². The van der Waals surface area contributed by atoms with Gasteiger partial charge in [0.05, 0.1) is 17.8 Å². The molecule has 0 aromatic heterocycles. The quantitative estimate of drug-likeness (QED) is 0.417. The van der Waals surface area contributed by atoms with Crippen LogP contribution in [0.2, 0.25) is 0 Å². The smallest absolute Gasteiger partial charge is 0.407 e. The van der Waals surface area contributed by atoms with Crippen molar-refractivity contribution in [1.82, 2.24) is 5.32 Å². The number of nitrogens with one attached hydrogen (secondary N) is 1. The first kappa shape index (κ1) is 20.2. The van der Waals surface area contributed by atoms with Crippen molar-refractivity contribution in [2.75, 3.05) is 18.9 Å². The lowest BCUT2D eigenvalue weighted by Crippen LogP contribution is -2.31. The van der Waals surface area contributed by atoms with Crippen molar-refractivity contribution in [3.05, 3.63) is 89.0 Å². The maximum Gasteiger partial charge on any atom is 0.407 e. The summed E-state index contributed by atoms with van der Waals surface area (Å²) in [6, 6.07) is 20.1. The highest BCUT2D eigenvalue weighted by molar-refractivity contribution is 6.07. The molecule has 0 spiro atoms. The zero-order valence-electron chi connectivity index (χ0n) is 16.5. The fourth-order valence-electron chi connectivity index (χ4n) is 3.89. The third kappa shape index (κ3) is 3.85. The van der Waals surface area contributed by atoms with Gasteiger partial charge < -0.3 is 20.9 Å². The van der Waals surface area contributed by atoms with Gasteiger partial charge in [0.15, 0.2) is 5.78 Å². The van der Waals surface area contributed by atoms with Gasteiger partial charge in [-0.1, -0.05) is 54.6 Å². The van der Waals surface area contributed by atoms with Gasteiger partial charge in [0.25, 0.3) is 0 Å². The molecule has 31 heavy (non-hydrogen) atoms. The van der Waals surface area contributed by atoms with E-state index in [1.807, 2.05) is 48.5 Å². The zero-order chi connectivity index (χ0) is 22.0. The van der Waals surface area contributed by atoms with Crippen LogP contribution in [0.5, 0.6) is 0 Å². The molecule has 4 N–H and O–H groups in total. The van der Waals surface area contributed by atoms with Gasteiger partial charge in [0.2, 0.25) is 0 Å². The van der Waals surface area contributed by atoms with Crippen molar-refractivity contribution in [2.24, 2.45) is 0 Å². The molecule has 0 saturated carbocycles. The summed E-state index contributed by atoms with van der Waals surface area (Å²) in [6.07, 6.45) is -0.733. The number of fused-ring (bicyclic) bond motifs is 3. The van der Waals surface area contributed by atoms with E-state index in [2.05, 4.69) is 5.32 Å². The number of hydrogen-bond acceptors (Lipinski definition) is 5. The van der Waals surface area contributed by atoms with Gasteiger partial charge in [0, 0.05) is 11.5 Å². The highest BCUT2D eigenvalue weighted by atomic mass is 16.5. The molecule has 3 aromatic carbocycles. The van der Waals surface area contributed by atoms with Crippen LogP contribution in [0, 0.1) is 0 Å². The summed E-state index contributed by atoms with van der Waals surface area (Å²) in [7, 11) is 0. The molecular formula is C24H20N2O5. The van der Waals surface area contributed by atoms with E-state index in [-0.39, 0.29) is 35.9 Å².